The van der Waals surface area contributed by atoms with Gasteiger partial charge in [-0.2, -0.15) is 0 Å². The van der Waals surface area contributed by atoms with Crippen LogP contribution < -0.4 is 5.73 Å². The first-order chi connectivity index (χ1) is 5.08. The van der Waals surface area contributed by atoms with Crippen molar-refractivity contribution in [1.82, 2.24) is 0 Å². The van der Waals surface area contributed by atoms with Crippen LogP contribution in [-0.4, -0.2) is 24.7 Å². The lowest BCUT2D eigenvalue weighted by Crippen LogP contribution is -2.20. The first-order valence-electron chi connectivity index (χ1n) is 2.99. The first kappa shape index (κ1) is 12.5. The quantitative estimate of drug-likeness (QED) is 0.342. The SMILES string of the molecule is CC(C)OC(=O)CN.[N-]=C=O. The molecule has 0 saturated carbocycles. The van der Waals surface area contributed by atoms with Crippen LogP contribution in [0.5, 0.6) is 0 Å². The van der Waals surface area contributed by atoms with Crippen molar-refractivity contribution in [1.29, 1.82) is 0 Å². The van der Waals surface area contributed by atoms with E-state index in [-0.39, 0.29) is 18.6 Å². The fourth-order valence-electron chi connectivity index (χ4n) is 0.311. The molecule has 0 rings (SSSR count). The number of carbonyl (C=O) groups excluding carboxylic acids is 2. The third-order valence-electron chi connectivity index (χ3n) is 0.534. The van der Waals surface area contributed by atoms with Crippen LogP contribution in [0.3, 0.4) is 0 Å². The molecule has 2 N–H and O–H groups in total. The largest absolute Gasteiger partial charge is 0.724 e. The van der Waals surface area contributed by atoms with Gasteiger partial charge in [0.05, 0.1) is 12.6 Å². The van der Waals surface area contributed by atoms with E-state index < -0.39 is 0 Å². The molecule has 0 unspecified atom stereocenters. The van der Waals surface area contributed by atoms with E-state index in [9.17, 15) is 4.79 Å². The Morgan fingerprint density at radius 3 is 2.18 bits per heavy atom. The van der Waals surface area contributed by atoms with Crippen molar-refractivity contribution in [2.75, 3.05) is 6.54 Å². The molecule has 0 heterocycles. The molecule has 0 aromatic carbocycles. The molecule has 11 heavy (non-hydrogen) atoms. The predicted octanol–water partition coefficient (Wildman–Crippen LogP) is -0.212. The van der Waals surface area contributed by atoms with E-state index in [0.717, 1.165) is 0 Å². The summed E-state index contributed by atoms with van der Waals surface area (Å²) in [6.45, 7) is 3.54. The van der Waals surface area contributed by atoms with Gasteiger partial charge in [0.2, 0.25) is 0 Å². The van der Waals surface area contributed by atoms with Crippen molar-refractivity contribution in [2.45, 2.75) is 20.0 Å². The van der Waals surface area contributed by atoms with E-state index >= 15 is 0 Å². The molecule has 0 fully saturated rings. The molecule has 0 bridgehead atoms. The minimum atomic E-state index is -0.347. The lowest BCUT2D eigenvalue weighted by molar-refractivity contribution is -0.145. The van der Waals surface area contributed by atoms with Gasteiger partial charge >= 0.3 is 5.97 Å². The van der Waals surface area contributed by atoms with Crippen LogP contribution in [0.1, 0.15) is 13.8 Å². The summed E-state index contributed by atoms with van der Waals surface area (Å²) in [6, 6.07) is 0. The van der Waals surface area contributed by atoms with Crippen LogP contribution in [0.2, 0.25) is 0 Å². The van der Waals surface area contributed by atoms with Crippen LogP contribution in [-0.2, 0) is 14.3 Å². The zero-order chi connectivity index (χ0) is 9.28. The fraction of sp³-hybridized carbons (Fsp3) is 0.667. The minimum absolute atomic E-state index is 0.0296. The van der Waals surface area contributed by atoms with Gasteiger partial charge in [-0.15, -0.1) is 0 Å². The maximum Gasteiger partial charge on any atom is 0.319 e. The summed E-state index contributed by atoms with van der Waals surface area (Å²) in [5.74, 6) is -0.347. The van der Waals surface area contributed by atoms with Gasteiger partial charge in [-0.05, 0) is 19.9 Å². The maximum atomic E-state index is 10.3. The molecule has 64 valence electrons. The highest BCUT2D eigenvalue weighted by Gasteiger charge is 1.99. The Hall–Kier alpha value is -1.19. The van der Waals surface area contributed by atoms with Crippen LogP contribution in [0.4, 0.5) is 0 Å². The van der Waals surface area contributed by atoms with E-state index in [2.05, 4.69) is 4.74 Å². The molecule has 0 amide bonds. The zero-order valence-electron chi connectivity index (χ0n) is 6.53. The van der Waals surface area contributed by atoms with Gasteiger partial charge < -0.3 is 15.9 Å². The van der Waals surface area contributed by atoms with E-state index in [0.29, 0.717) is 6.08 Å². The van der Waals surface area contributed by atoms with Gasteiger partial charge in [-0.3, -0.25) is 9.59 Å². The van der Waals surface area contributed by atoms with Gasteiger partial charge in [0.1, 0.15) is 0 Å². The van der Waals surface area contributed by atoms with Crippen LogP contribution in [0.15, 0.2) is 0 Å². The molecule has 0 radical (unpaired) electrons. The van der Waals surface area contributed by atoms with E-state index in [1.807, 2.05) is 0 Å². The number of hydrogen-bond donors (Lipinski definition) is 1. The van der Waals surface area contributed by atoms with Gasteiger partial charge in [-0.25, -0.2) is 0 Å². The molecule has 0 atom stereocenters. The highest BCUT2D eigenvalue weighted by molar-refractivity contribution is 5.71. The predicted molar refractivity (Wildman–Crippen MR) is 39.3 cm³/mol. The topological polar surface area (TPSA) is 91.7 Å². The summed E-state index contributed by atoms with van der Waals surface area (Å²) >= 11 is 0. The molecule has 0 aliphatic heterocycles. The lowest BCUT2D eigenvalue weighted by atomic mass is 10.5. The summed E-state index contributed by atoms with van der Waals surface area (Å²) in [5.41, 5.74) is 4.95. The van der Waals surface area contributed by atoms with Crippen LogP contribution in [0, 0.1) is 0 Å². The molecule has 5 nitrogen and oxygen atoms in total. The first-order valence-corrected chi connectivity index (χ1v) is 2.99. The Bertz CT molecular complexity index is 139. The van der Waals surface area contributed by atoms with Crippen LogP contribution >= 0.6 is 0 Å². The van der Waals surface area contributed by atoms with Gasteiger partial charge in [-0.1, -0.05) is 0 Å². The summed E-state index contributed by atoms with van der Waals surface area (Å²) in [5, 5.41) is 6.76. The van der Waals surface area contributed by atoms with E-state index in [1.165, 1.54) is 0 Å². The van der Waals surface area contributed by atoms with Gasteiger partial charge in [0, 0.05) is 0 Å². The number of isocyanates is 1. The monoisotopic (exact) mass is 159 g/mol. The van der Waals surface area contributed by atoms with Crippen molar-refractivity contribution < 1.29 is 14.3 Å². The van der Waals surface area contributed by atoms with E-state index in [1.54, 1.807) is 13.8 Å². The fourth-order valence-corrected chi connectivity index (χ4v) is 0.311. The highest BCUT2D eigenvalue weighted by atomic mass is 16.5. The second-order valence-corrected chi connectivity index (χ2v) is 1.83. The average Bonchev–Trinajstić information content (AvgIpc) is 1.88. The summed E-state index contributed by atoms with van der Waals surface area (Å²) < 4.78 is 4.64. The molecular formula is C6H11N2O3-. The number of ether oxygens (including phenoxy) is 1. The molecule has 0 spiro atoms. The normalized spacial score (nSPS) is 7.64. The highest BCUT2D eigenvalue weighted by Crippen LogP contribution is 1.85. The van der Waals surface area contributed by atoms with Crippen molar-refractivity contribution in [2.24, 2.45) is 5.73 Å². The number of nitrogens with two attached hydrogens (primary N) is 1. The Balaban J connectivity index is 0. The Morgan fingerprint density at radius 1 is 1.73 bits per heavy atom. The molecule has 0 aliphatic rings. The molecule has 0 saturated heterocycles. The molecule has 0 aliphatic carbocycles. The number of esters is 1. The van der Waals surface area contributed by atoms with Crippen molar-refractivity contribution in [3.05, 3.63) is 5.41 Å². The number of rotatable bonds is 2. The number of carbonyl (C=O) groups is 1. The van der Waals surface area contributed by atoms with Crippen molar-refractivity contribution >= 4 is 12.0 Å². The van der Waals surface area contributed by atoms with Crippen molar-refractivity contribution in [3.63, 3.8) is 0 Å². The second kappa shape index (κ2) is 8.81. The Kier molecular flexibility index (Phi) is 10.00. The third-order valence-corrected chi connectivity index (χ3v) is 0.534. The Morgan fingerprint density at radius 2 is 2.09 bits per heavy atom. The molecule has 0 aromatic rings. The van der Waals surface area contributed by atoms with Crippen molar-refractivity contribution in [3.8, 4) is 0 Å². The molecule has 0 aromatic heterocycles. The second-order valence-electron chi connectivity index (χ2n) is 1.83. The van der Waals surface area contributed by atoms with E-state index in [4.69, 9.17) is 15.9 Å². The lowest BCUT2D eigenvalue weighted by Gasteiger charge is -2.04. The summed E-state index contributed by atoms with van der Waals surface area (Å²) in [7, 11) is 0. The summed E-state index contributed by atoms with van der Waals surface area (Å²) in [6.07, 6.45) is 0.450. The smallest absolute Gasteiger partial charge is 0.319 e. The van der Waals surface area contributed by atoms with Crippen LogP contribution in [0.25, 0.3) is 5.41 Å². The van der Waals surface area contributed by atoms with Gasteiger partial charge in [0.15, 0.2) is 0 Å². The molecule has 5 heteroatoms. The summed E-state index contributed by atoms with van der Waals surface area (Å²) in [4.78, 5) is 18.5. The number of nitrogens with zero attached hydrogens (tertiary/aromatic N) is 1. The molecular weight excluding hydrogens is 148 g/mol. The average molecular weight is 159 g/mol. The van der Waals surface area contributed by atoms with Gasteiger partial charge in [0.25, 0.3) is 0 Å². The zero-order valence-corrected chi connectivity index (χ0v) is 6.53. The number of hydrogen-bond acceptors (Lipinski definition) is 4. The minimum Gasteiger partial charge on any atom is -0.724 e. The Labute approximate surface area is 65.0 Å². The maximum absolute atomic E-state index is 10.3. The third kappa shape index (κ3) is 17.7. The standard InChI is InChI=1S/C5H11NO2.CNO/c1-4(2)8-5(7)3-6;2-1-3/h4H,3,6H2,1-2H3;/q;-1.